The maximum absolute atomic E-state index is 10.8. The smallest absolute Gasteiger partial charge is 0.185 e. The quantitative estimate of drug-likeness (QED) is 0.842. The van der Waals surface area contributed by atoms with Gasteiger partial charge in [-0.1, -0.05) is 49.9 Å². The third kappa shape index (κ3) is 5.35. The molecule has 2 N–H and O–H groups in total. The summed E-state index contributed by atoms with van der Waals surface area (Å²) in [7, 11) is 0. The molecular weight excluding hydrogens is 260 g/mol. The van der Waals surface area contributed by atoms with E-state index in [9.17, 15) is 15.0 Å². The van der Waals surface area contributed by atoms with E-state index >= 15 is 0 Å². The van der Waals surface area contributed by atoms with Gasteiger partial charge >= 0.3 is 0 Å². The topological polar surface area (TPSA) is 57.5 Å². The molecule has 19 heavy (non-hydrogen) atoms. The summed E-state index contributed by atoms with van der Waals surface area (Å²) < 4.78 is 0. The van der Waals surface area contributed by atoms with E-state index in [1.807, 2.05) is 24.3 Å². The minimum Gasteiger partial charge on any atom is -0.390 e. The minimum atomic E-state index is -0.897. The van der Waals surface area contributed by atoms with Gasteiger partial charge < -0.3 is 10.2 Å². The fourth-order valence-corrected chi connectivity index (χ4v) is 2.45. The van der Waals surface area contributed by atoms with Crippen molar-refractivity contribution in [1.29, 1.82) is 0 Å². The minimum absolute atomic E-state index is 0.0310. The Morgan fingerprint density at radius 2 is 1.89 bits per heavy atom. The number of benzene rings is 1. The van der Waals surface area contributed by atoms with Crippen LogP contribution in [0.15, 0.2) is 24.3 Å². The molecule has 0 aromatic heterocycles. The lowest BCUT2D eigenvalue weighted by Crippen LogP contribution is -2.19. The molecule has 0 saturated heterocycles. The zero-order valence-electron chi connectivity index (χ0n) is 11.7. The van der Waals surface area contributed by atoms with Crippen LogP contribution in [0, 0.1) is 0 Å². The van der Waals surface area contributed by atoms with Crippen molar-refractivity contribution >= 4 is 16.9 Å². The Balaban J connectivity index is 2.63. The molecule has 0 fully saturated rings. The van der Waals surface area contributed by atoms with Crippen LogP contribution in [0.4, 0.5) is 0 Å². The maximum atomic E-state index is 10.8. The normalized spacial score (nSPS) is 14.4. The molecule has 0 amide bonds. The highest BCUT2D eigenvalue weighted by molar-refractivity contribution is 8.13. The van der Waals surface area contributed by atoms with Gasteiger partial charge in [-0.05, 0) is 23.5 Å². The molecule has 1 aromatic carbocycles. The molecule has 0 aliphatic carbocycles. The average Bonchev–Trinajstić information content (AvgIpc) is 2.37. The number of rotatable bonds is 6. The second-order valence-electron chi connectivity index (χ2n) is 4.97. The molecule has 4 heteroatoms. The molecular formula is C15H22O3S. The van der Waals surface area contributed by atoms with Gasteiger partial charge in [0.05, 0.1) is 6.10 Å². The van der Waals surface area contributed by atoms with E-state index in [2.05, 4.69) is 13.8 Å². The molecule has 3 nitrogen and oxygen atoms in total. The number of thioether (sulfide) groups is 1. The summed E-state index contributed by atoms with van der Waals surface area (Å²) >= 11 is 1.17. The fraction of sp³-hybridized carbons (Fsp3) is 0.533. The molecule has 1 rings (SSSR count). The molecule has 0 radical (unpaired) electrons. The fourth-order valence-electron chi connectivity index (χ4n) is 1.81. The van der Waals surface area contributed by atoms with Gasteiger partial charge in [-0.15, -0.1) is 0 Å². The lowest BCUT2D eigenvalue weighted by molar-refractivity contribution is -0.109. The van der Waals surface area contributed by atoms with Crippen molar-refractivity contribution in [2.75, 3.05) is 5.75 Å². The van der Waals surface area contributed by atoms with Crippen molar-refractivity contribution in [1.82, 2.24) is 0 Å². The SMILES string of the molecule is CC(=O)SCCC(O)C(O)c1cccc(C(C)C)c1. The molecule has 2 atom stereocenters. The summed E-state index contributed by atoms with van der Waals surface area (Å²) in [4.78, 5) is 10.8. The Bertz CT molecular complexity index is 418. The number of aliphatic hydroxyl groups is 2. The molecule has 0 aliphatic rings. The Morgan fingerprint density at radius 1 is 1.26 bits per heavy atom. The highest BCUT2D eigenvalue weighted by atomic mass is 32.2. The van der Waals surface area contributed by atoms with Crippen LogP contribution in [-0.4, -0.2) is 27.2 Å². The molecule has 0 spiro atoms. The van der Waals surface area contributed by atoms with Gasteiger partial charge in [0, 0.05) is 12.7 Å². The van der Waals surface area contributed by atoms with Gasteiger partial charge in [0.1, 0.15) is 6.10 Å². The molecule has 0 aliphatic heterocycles. The average molecular weight is 282 g/mol. The first-order valence-corrected chi connectivity index (χ1v) is 7.49. The highest BCUT2D eigenvalue weighted by Gasteiger charge is 2.18. The summed E-state index contributed by atoms with van der Waals surface area (Å²) in [6, 6.07) is 7.65. The van der Waals surface area contributed by atoms with Crippen LogP contribution >= 0.6 is 11.8 Å². The van der Waals surface area contributed by atoms with Gasteiger partial charge in [-0.2, -0.15) is 0 Å². The first kappa shape index (κ1) is 16.2. The number of aliphatic hydroxyl groups excluding tert-OH is 2. The van der Waals surface area contributed by atoms with Gasteiger partial charge in [-0.25, -0.2) is 0 Å². The molecule has 0 saturated carbocycles. The van der Waals surface area contributed by atoms with Crippen molar-refractivity contribution in [3.63, 3.8) is 0 Å². The van der Waals surface area contributed by atoms with E-state index < -0.39 is 12.2 Å². The van der Waals surface area contributed by atoms with Gasteiger partial charge in [0.15, 0.2) is 5.12 Å². The third-order valence-electron chi connectivity index (χ3n) is 3.00. The molecule has 0 bridgehead atoms. The molecule has 2 unspecified atom stereocenters. The molecule has 106 valence electrons. The number of hydrogen-bond acceptors (Lipinski definition) is 4. The van der Waals surface area contributed by atoms with E-state index in [0.717, 1.165) is 11.1 Å². The summed E-state index contributed by atoms with van der Waals surface area (Å²) in [5, 5.41) is 20.1. The summed E-state index contributed by atoms with van der Waals surface area (Å²) in [6.45, 7) is 5.68. The van der Waals surface area contributed by atoms with Gasteiger partial charge in [0.25, 0.3) is 0 Å². The van der Waals surface area contributed by atoms with Crippen LogP contribution in [0.2, 0.25) is 0 Å². The maximum Gasteiger partial charge on any atom is 0.185 e. The second kappa shape index (κ2) is 7.68. The van der Waals surface area contributed by atoms with Crippen molar-refractivity contribution in [3.05, 3.63) is 35.4 Å². The van der Waals surface area contributed by atoms with Crippen molar-refractivity contribution < 1.29 is 15.0 Å². The predicted octanol–water partition coefficient (Wildman–Crippen LogP) is 2.87. The van der Waals surface area contributed by atoms with Crippen LogP contribution in [0.1, 0.15) is 50.3 Å². The van der Waals surface area contributed by atoms with E-state index in [4.69, 9.17) is 0 Å². The lowest BCUT2D eigenvalue weighted by atomic mass is 9.96. The summed E-state index contributed by atoms with van der Waals surface area (Å²) in [6.07, 6.45) is -1.34. The number of carbonyl (C=O) groups is 1. The first-order chi connectivity index (χ1) is 8.91. The Morgan fingerprint density at radius 3 is 2.47 bits per heavy atom. The summed E-state index contributed by atoms with van der Waals surface area (Å²) in [5.41, 5.74) is 1.87. The predicted molar refractivity (Wildman–Crippen MR) is 79.3 cm³/mol. The van der Waals surface area contributed by atoms with Gasteiger partial charge in [0.2, 0.25) is 0 Å². The Hall–Kier alpha value is -0.840. The van der Waals surface area contributed by atoms with Crippen LogP contribution < -0.4 is 0 Å². The first-order valence-electron chi connectivity index (χ1n) is 6.51. The lowest BCUT2D eigenvalue weighted by Gasteiger charge is -2.19. The second-order valence-corrected chi connectivity index (χ2v) is 6.24. The van der Waals surface area contributed by atoms with Gasteiger partial charge in [-0.3, -0.25) is 4.79 Å². The van der Waals surface area contributed by atoms with Crippen molar-refractivity contribution in [2.24, 2.45) is 0 Å². The highest BCUT2D eigenvalue weighted by Crippen LogP contribution is 2.24. The standard InChI is InChI=1S/C15H22O3S/c1-10(2)12-5-4-6-13(9-12)15(18)14(17)7-8-19-11(3)16/h4-6,9-10,14-15,17-18H,7-8H2,1-3H3. The monoisotopic (exact) mass is 282 g/mol. The van der Waals surface area contributed by atoms with E-state index in [1.165, 1.54) is 18.7 Å². The van der Waals surface area contributed by atoms with Crippen molar-refractivity contribution in [2.45, 2.75) is 45.3 Å². The largest absolute Gasteiger partial charge is 0.390 e. The Kier molecular flexibility index (Phi) is 6.55. The molecule has 1 aromatic rings. The van der Waals surface area contributed by atoms with E-state index in [1.54, 1.807) is 0 Å². The van der Waals surface area contributed by atoms with Crippen LogP contribution in [-0.2, 0) is 4.79 Å². The molecule has 0 heterocycles. The zero-order valence-corrected chi connectivity index (χ0v) is 12.5. The van der Waals surface area contributed by atoms with Crippen molar-refractivity contribution in [3.8, 4) is 0 Å². The van der Waals surface area contributed by atoms with E-state index in [0.29, 0.717) is 18.1 Å². The zero-order chi connectivity index (χ0) is 14.4. The number of carbonyl (C=O) groups excluding carboxylic acids is 1. The van der Waals surface area contributed by atoms with Crippen LogP contribution in [0.5, 0.6) is 0 Å². The Labute approximate surface area is 119 Å². The van der Waals surface area contributed by atoms with Crippen LogP contribution in [0.25, 0.3) is 0 Å². The summed E-state index contributed by atoms with van der Waals surface area (Å²) in [5.74, 6) is 0.912. The van der Waals surface area contributed by atoms with E-state index in [-0.39, 0.29) is 5.12 Å². The number of hydrogen-bond donors (Lipinski definition) is 2. The third-order valence-corrected chi connectivity index (χ3v) is 3.85. The van der Waals surface area contributed by atoms with Crippen LogP contribution in [0.3, 0.4) is 0 Å².